The topological polar surface area (TPSA) is 102 Å². The Hall–Kier alpha value is -3.26. The monoisotopic (exact) mass is 343 g/mol. The Labute approximate surface area is 144 Å². The lowest BCUT2D eigenvalue weighted by Gasteiger charge is -2.13. The number of ketones is 1. The number of nitro groups is 1. The molecule has 1 N–H and O–H groups in total. The number of hydrogen-bond donors (Lipinski definition) is 1. The number of hydroxylamine groups is 1. The van der Waals surface area contributed by atoms with Crippen LogP contribution in [0.5, 0.6) is 0 Å². The molecule has 25 heavy (non-hydrogen) atoms. The molecular weight excluding hydrogens is 326 g/mol. The Morgan fingerprint density at radius 3 is 2.32 bits per heavy atom. The average molecular weight is 343 g/mol. The summed E-state index contributed by atoms with van der Waals surface area (Å²) in [5.74, 6) is -1.07. The van der Waals surface area contributed by atoms with E-state index in [-0.39, 0.29) is 22.4 Å². The van der Waals surface area contributed by atoms with Crippen LogP contribution in [0.15, 0.2) is 42.5 Å². The SMILES string of the molecule is CONC(=O)c1ccccc1C(=O)c1ccc(N(C)C)c([N+](=O)[O-])c1. The number of anilines is 1. The third kappa shape index (κ3) is 3.81. The minimum Gasteiger partial charge on any atom is -0.372 e. The van der Waals surface area contributed by atoms with Gasteiger partial charge < -0.3 is 4.90 Å². The molecular formula is C17H17N3O5. The Bertz CT molecular complexity index is 833. The van der Waals surface area contributed by atoms with Crippen molar-refractivity contribution in [3.8, 4) is 0 Å². The Morgan fingerprint density at radius 1 is 1.12 bits per heavy atom. The first-order valence-corrected chi connectivity index (χ1v) is 7.29. The zero-order valence-corrected chi connectivity index (χ0v) is 14.0. The first kappa shape index (κ1) is 18.1. The maximum absolute atomic E-state index is 12.8. The molecule has 2 aromatic carbocycles. The van der Waals surface area contributed by atoms with E-state index in [1.807, 2.05) is 0 Å². The van der Waals surface area contributed by atoms with Gasteiger partial charge in [-0.2, -0.15) is 0 Å². The normalized spacial score (nSPS) is 10.2. The van der Waals surface area contributed by atoms with E-state index in [0.29, 0.717) is 5.69 Å². The van der Waals surface area contributed by atoms with Crippen LogP contribution in [0, 0.1) is 10.1 Å². The van der Waals surface area contributed by atoms with Crippen molar-refractivity contribution in [3.05, 3.63) is 69.3 Å². The van der Waals surface area contributed by atoms with Gasteiger partial charge in [-0.15, -0.1) is 0 Å². The van der Waals surface area contributed by atoms with Gasteiger partial charge in [-0.05, 0) is 18.2 Å². The molecule has 0 radical (unpaired) electrons. The van der Waals surface area contributed by atoms with E-state index < -0.39 is 16.6 Å². The number of nitro benzene ring substituents is 1. The summed E-state index contributed by atoms with van der Waals surface area (Å²) in [7, 11) is 4.63. The fourth-order valence-electron chi connectivity index (χ4n) is 2.37. The number of rotatable bonds is 6. The molecule has 0 spiro atoms. The number of carbonyl (C=O) groups excluding carboxylic acids is 2. The van der Waals surface area contributed by atoms with Crippen LogP contribution in [0.1, 0.15) is 26.3 Å². The molecule has 0 fully saturated rings. The summed E-state index contributed by atoms with van der Waals surface area (Å²) in [6, 6.07) is 10.4. The highest BCUT2D eigenvalue weighted by molar-refractivity contribution is 6.15. The zero-order valence-electron chi connectivity index (χ0n) is 14.0. The minimum atomic E-state index is -0.578. The smallest absolute Gasteiger partial charge is 0.293 e. The summed E-state index contributed by atoms with van der Waals surface area (Å²) in [6.07, 6.45) is 0. The van der Waals surface area contributed by atoms with Gasteiger partial charge in [-0.25, -0.2) is 5.48 Å². The van der Waals surface area contributed by atoms with Crippen LogP contribution in [-0.4, -0.2) is 37.8 Å². The van der Waals surface area contributed by atoms with Gasteiger partial charge >= 0.3 is 0 Å². The number of carbonyl (C=O) groups is 2. The standard InChI is InChI=1S/C17H17N3O5/c1-19(2)14-9-8-11(10-15(14)20(23)24)16(21)12-6-4-5-7-13(12)17(22)18-25-3/h4-10H,1-3H3,(H,18,22). The molecule has 0 aliphatic rings. The third-order valence-corrected chi connectivity index (χ3v) is 3.53. The van der Waals surface area contributed by atoms with Crippen molar-refractivity contribution >= 4 is 23.1 Å². The number of benzene rings is 2. The molecule has 0 aliphatic heterocycles. The molecule has 0 heterocycles. The van der Waals surface area contributed by atoms with Crippen LogP contribution in [0.25, 0.3) is 0 Å². The van der Waals surface area contributed by atoms with Crippen molar-refractivity contribution in [3.63, 3.8) is 0 Å². The van der Waals surface area contributed by atoms with Crippen molar-refractivity contribution in [2.75, 3.05) is 26.1 Å². The minimum absolute atomic E-state index is 0.119. The van der Waals surface area contributed by atoms with Crippen LogP contribution in [-0.2, 0) is 4.84 Å². The summed E-state index contributed by atoms with van der Waals surface area (Å²) in [4.78, 5) is 41.7. The van der Waals surface area contributed by atoms with Crippen molar-refractivity contribution < 1.29 is 19.3 Å². The molecule has 8 heteroatoms. The highest BCUT2D eigenvalue weighted by Crippen LogP contribution is 2.29. The second kappa shape index (κ2) is 7.54. The number of nitrogens with one attached hydrogen (secondary N) is 1. The molecule has 130 valence electrons. The molecule has 0 unspecified atom stereocenters. The number of amides is 1. The van der Waals surface area contributed by atoms with E-state index in [9.17, 15) is 19.7 Å². The summed E-state index contributed by atoms with van der Waals surface area (Å²) in [6.45, 7) is 0. The third-order valence-electron chi connectivity index (χ3n) is 3.53. The van der Waals surface area contributed by atoms with Gasteiger partial charge in [0, 0.05) is 31.3 Å². The molecule has 2 aromatic rings. The molecule has 0 saturated heterocycles. The van der Waals surface area contributed by atoms with Gasteiger partial charge in [0.05, 0.1) is 17.6 Å². The van der Waals surface area contributed by atoms with Crippen LogP contribution >= 0.6 is 0 Å². The Morgan fingerprint density at radius 2 is 1.76 bits per heavy atom. The fourth-order valence-corrected chi connectivity index (χ4v) is 2.37. The van der Waals surface area contributed by atoms with Crippen LogP contribution in [0.3, 0.4) is 0 Å². The first-order valence-electron chi connectivity index (χ1n) is 7.29. The molecule has 0 saturated carbocycles. The predicted octanol–water partition coefficient (Wildman–Crippen LogP) is 2.18. The van der Waals surface area contributed by atoms with Crippen LogP contribution in [0.4, 0.5) is 11.4 Å². The molecule has 0 atom stereocenters. The van der Waals surface area contributed by atoms with Crippen molar-refractivity contribution in [2.24, 2.45) is 0 Å². The lowest BCUT2D eigenvalue weighted by atomic mass is 9.97. The first-order chi connectivity index (χ1) is 11.9. The van der Waals surface area contributed by atoms with Gasteiger partial charge in [0.2, 0.25) is 0 Å². The molecule has 0 aromatic heterocycles. The predicted molar refractivity (Wildman–Crippen MR) is 91.8 cm³/mol. The highest BCUT2D eigenvalue weighted by Gasteiger charge is 2.22. The highest BCUT2D eigenvalue weighted by atomic mass is 16.6. The van der Waals surface area contributed by atoms with Crippen LogP contribution in [0.2, 0.25) is 0 Å². The summed E-state index contributed by atoms with van der Waals surface area (Å²) in [5, 5.41) is 11.3. The molecule has 2 rings (SSSR count). The maximum Gasteiger partial charge on any atom is 0.293 e. The quantitative estimate of drug-likeness (QED) is 0.490. The van der Waals surface area contributed by atoms with Gasteiger partial charge in [0.15, 0.2) is 5.78 Å². The second-order valence-corrected chi connectivity index (χ2v) is 5.37. The average Bonchev–Trinajstić information content (AvgIpc) is 2.60. The zero-order chi connectivity index (χ0) is 18.6. The van der Waals surface area contributed by atoms with Gasteiger partial charge in [0.25, 0.3) is 11.6 Å². The van der Waals surface area contributed by atoms with Crippen LogP contribution < -0.4 is 10.4 Å². The second-order valence-electron chi connectivity index (χ2n) is 5.37. The van der Waals surface area contributed by atoms with Gasteiger partial charge in [-0.3, -0.25) is 24.5 Å². The van der Waals surface area contributed by atoms with E-state index in [1.54, 1.807) is 31.1 Å². The fraction of sp³-hybridized carbons (Fsp3) is 0.176. The summed E-state index contributed by atoms with van der Waals surface area (Å²) < 4.78 is 0. The van der Waals surface area contributed by atoms with Crippen molar-refractivity contribution in [2.45, 2.75) is 0 Å². The van der Waals surface area contributed by atoms with E-state index >= 15 is 0 Å². The van der Waals surface area contributed by atoms with E-state index in [1.165, 1.54) is 37.4 Å². The molecule has 8 nitrogen and oxygen atoms in total. The van der Waals surface area contributed by atoms with Crippen molar-refractivity contribution in [1.29, 1.82) is 0 Å². The van der Waals surface area contributed by atoms with E-state index in [4.69, 9.17) is 0 Å². The molecule has 1 amide bonds. The van der Waals surface area contributed by atoms with Gasteiger partial charge in [0.1, 0.15) is 5.69 Å². The largest absolute Gasteiger partial charge is 0.372 e. The number of nitrogens with zero attached hydrogens (tertiary/aromatic N) is 2. The van der Waals surface area contributed by atoms with Crippen molar-refractivity contribution in [1.82, 2.24) is 5.48 Å². The Kier molecular flexibility index (Phi) is 5.45. The molecule has 0 aliphatic carbocycles. The Balaban J connectivity index is 2.51. The van der Waals surface area contributed by atoms with E-state index in [0.717, 1.165) is 0 Å². The maximum atomic E-state index is 12.8. The van der Waals surface area contributed by atoms with Gasteiger partial charge in [-0.1, -0.05) is 18.2 Å². The lowest BCUT2D eigenvalue weighted by Crippen LogP contribution is -2.24. The van der Waals surface area contributed by atoms with E-state index in [2.05, 4.69) is 10.3 Å². The summed E-state index contributed by atoms with van der Waals surface area (Å²) in [5.41, 5.74) is 2.72. The summed E-state index contributed by atoms with van der Waals surface area (Å²) >= 11 is 0. The molecule has 0 bridgehead atoms. The number of hydrogen-bond acceptors (Lipinski definition) is 6. The lowest BCUT2D eigenvalue weighted by molar-refractivity contribution is -0.384.